The van der Waals surface area contributed by atoms with Crippen molar-refractivity contribution in [3.63, 3.8) is 0 Å². The van der Waals surface area contributed by atoms with Crippen molar-refractivity contribution in [1.29, 1.82) is 0 Å². The Balaban J connectivity index is 1.73. The Hall–Kier alpha value is -1.02. The molecule has 2 nitrogen and oxygen atoms in total. The summed E-state index contributed by atoms with van der Waals surface area (Å²) in [4.78, 5) is 0. The van der Waals surface area contributed by atoms with Gasteiger partial charge in [-0.1, -0.05) is 37.5 Å². The fraction of sp³-hybridized carbons (Fsp3) is 0.667. The third-order valence-corrected chi connectivity index (χ3v) is 5.20. The van der Waals surface area contributed by atoms with Gasteiger partial charge in [-0.2, -0.15) is 0 Å². The monoisotopic (exact) mass is 273 g/mol. The van der Waals surface area contributed by atoms with E-state index < -0.39 is 0 Å². The number of rotatable bonds is 3. The highest BCUT2D eigenvalue weighted by Gasteiger charge is 2.28. The summed E-state index contributed by atoms with van der Waals surface area (Å²) in [6.07, 6.45) is 9.48. The molecule has 1 fully saturated rings. The summed E-state index contributed by atoms with van der Waals surface area (Å²) in [6, 6.07) is 9.35. The number of hydrogen-bond donors (Lipinski definition) is 1. The summed E-state index contributed by atoms with van der Waals surface area (Å²) < 4.78 is 5.81. The van der Waals surface area contributed by atoms with Crippen LogP contribution in [-0.4, -0.2) is 19.7 Å². The Morgan fingerprint density at radius 1 is 1.10 bits per heavy atom. The Labute approximate surface area is 122 Å². The molecule has 1 saturated carbocycles. The van der Waals surface area contributed by atoms with Gasteiger partial charge in [0.1, 0.15) is 5.75 Å². The van der Waals surface area contributed by atoms with Gasteiger partial charge in [0.15, 0.2) is 0 Å². The van der Waals surface area contributed by atoms with Gasteiger partial charge in [0.25, 0.3) is 0 Å². The van der Waals surface area contributed by atoms with Crippen molar-refractivity contribution in [2.45, 2.75) is 56.9 Å². The van der Waals surface area contributed by atoms with Crippen LogP contribution in [0.2, 0.25) is 0 Å². The molecule has 1 aromatic rings. The van der Waals surface area contributed by atoms with E-state index in [4.69, 9.17) is 4.74 Å². The van der Waals surface area contributed by atoms with Gasteiger partial charge >= 0.3 is 0 Å². The summed E-state index contributed by atoms with van der Waals surface area (Å²) in [6.45, 7) is 0.888. The predicted molar refractivity (Wildman–Crippen MR) is 83.3 cm³/mol. The van der Waals surface area contributed by atoms with E-state index in [1.807, 2.05) is 0 Å². The van der Waals surface area contributed by atoms with Gasteiger partial charge in [0.05, 0.1) is 6.61 Å². The zero-order valence-electron chi connectivity index (χ0n) is 12.6. The number of hydrogen-bond acceptors (Lipinski definition) is 2. The smallest absolute Gasteiger partial charge is 0.122 e. The SMILES string of the molecule is CNC1CCCCCC1CC1CCOc2ccccc21. The number of benzene rings is 1. The first kappa shape index (κ1) is 13.9. The summed E-state index contributed by atoms with van der Waals surface area (Å²) in [5, 5.41) is 3.58. The molecular weight excluding hydrogens is 246 g/mol. The highest BCUT2D eigenvalue weighted by molar-refractivity contribution is 5.37. The van der Waals surface area contributed by atoms with Crippen molar-refractivity contribution >= 4 is 0 Å². The van der Waals surface area contributed by atoms with Crippen molar-refractivity contribution in [2.75, 3.05) is 13.7 Å². The maximum Gasteiger partial charge on any atom is 0.122 e. The van der Waals surface area contributed by atoms with Crippen molar-refractivity contribution in [2.24, 2.45) is 5.92 Å². The summed E-state index contributed by atoms with van der Waals surface area (Å²) in [5.41, 5.74) is 1.44. The van der Waals surface area contributed by atoms with Crippen molar-refractivity contribution in [3.05, 3.63) is 29.8 Å². The van der Waals surface area contributed by atoms with Crippen LogP contribution in [0.3, 0.4) is 0 Å². The molecule has 3 rings (SSSR count). The fourth-order valence-corrected chi connectivity index (χ4v) is 4.07. The number of ether oxygens (including phenoxy) is 1. The van der Waals surface area contributed by atoms with Crippen LogP contribution in [0.15, 0.2) is 24.3 Å². The second-order valence-electron chi connectivity index (χ2n) is 6.40. The molecule has 1 aliphatic heterocycles. The first-order valence-corrected chi connectivity index (χ1v) is 8.27. The minimum absolute atomic E-state index is 0.693. The predicted octanol–water partition coefficient (Wildman–Crippen LogP) is 4.11. The quantitative estimate of drug-likeness (QED) is 0.837. The first-order valence-electron chi connectivity index (χ1n) is 8.27. The average Bonchev–Trinajstić information content (AvgIpc) is 2.72. The molecule has 3 atom stereocenters. The normalized spacial score (nSPS) is 30.1. The third kappa shape index (κ3) is 3.01. The minimum atomic E-state index is 0.693. The first-order chi connectivity index (χ1) is 9.88. The van der Waals surface area contributed by atoms with Crippen LogP contribution < -0.4 is 10.1 Å². The number of nitrogens with one attached hydrogen (secondary N) is 1. The molecule has 1 heterocycles. The number of para-hydroxylation sites is 1. The molecule has 0 bridgehead atoms. The second kappa shape index (κ2) is 6.62. The van der Waals surface area contributed by atoms with E-state index in [-0.39, 0.29) is 0 Å². The van der Waals surface area contributed by atoms with Crippen LogP contribution in [0.5, 0.6) is 5.75 Å². The molecule has 3 unspecified atom stereocenters. The molecule has 0 saturated heterocycles. The molecule has 20 heavy (non-hydrogen) atoms. The molecule has 1 aromatic carbocycles. The van der Waals surface area contributed by atoms with Crippen LogP contribution in [0, 0.1) is 5.92 Å². The summed E-state index contributed by atoms with van der Waals surface area (Å²) >= 11 is 0. The topological polar surface area (TPSA) is 21.3 Å². The van der Waals surface area contributed by atoms with Gasteiger partial charge in [0.2, 0.25) is 0 Å². The fourth-order valence-electron chi connectivity index (χ4n) is 4.07. The van der Waals surface area contributed by atoms with Crippen LogP contribution in [0.25, 0.3) is 0 Å². The molecular formula is C18H27NO. The van der Waals surface area contributed by atoms with E-state index in [9.17, 15) is 0 Å². The molecule has 1 aliphatic carbocycles. The molecule has 1 N–H and O–H groups in total. The lowest BCUT2D eigenvalue weighted by atomic mass is 9.80. The standard InChI is InChI=1S/C18H27NO/c1-19-17-9-4-2-3-7-15(17)13-14-11-12-20-18-10-6-5-8-16(14)18/h5-6,8,10,14-15,17,19H,2-4,7,9,11-13H2,1H3. The molecule has 0 aromatic heterocycles. The third-order valence-electron chi connectivity index (χ3n) is 5.20. The lowest BCUT2D eigenvalue weighted by molar-refractivity contribution is 0.235. The summed E-state index contributed by atoms with van der Waals surface area (Å²) in [5.74, 6) is 2.65. The Kier molecular flexibility index (Phi) is 4.62. The van der Waals surface area contributed by atoms with Crippen LogP contribution >= 0.6 is 0 Å². The molecule has 0 spiro atoms. The Morgan fingerprint density at radius 2 is 1.95 bits per heavy atom. The summed E-state index contributed by atoms with van der Waals surface area (Å²) in [7, 11) is 2.14. The van der Waals surface area contributed by atoms with Crippen molar-refractivity contribution in [1.82, 2.24) is 5.32 Å². The van der Waals surface area contributed by atoms with E-state index in [0.717, 1.165) is 18.3 Å². The van der Waals surface area contributed by atoms with E-state index in [2.05, 4.69) is 36.6 Å². The Bertz CT molecular complexity index is 431. The van der Waals surface area contributed by atoms with E-state index in [0.29, 0.717) is 12.0 Å². The maximum atomic E-state index is 5.81. The van der Waals surface area contributed by atoms with Gasteiger partial charge in [0, 0.05) is 6.04 Å². The van der Waals surface area contributed by atoms with Gasteiger partial charge in [-0.3, -0.25) is 0 Å². The van der Waals surface area contributed by atoms with E-state index in [1.165, 1.54) is 50.5 Å². The van der Waals surface area contributed by atoms with Gasteiger partial charge < -0.3 is 10.1 Å². The molecule has 2 heteroatoms. The lowest BCUT2D eigenvalue weighted by Crippen LogP contribution is -2.34. The second-order valence-corrected chi connectivity index (χ2v) is 6.40. The molecule has 0 radical (unpaired) electrons. The van der Waals surface area contributed by atoms with E-state index in [1.54, 1.807) is 0 Å². The van der Waals surface area contributed by atoms with Gasteiger partial charge in [-0.05, 0) is 56.2 Å². The maximum absolute atomic E-state index is 5.81. The van der Waals surface area contributed by atoms with Gasteiger partial charge in [-0.15, -0.1) is 0 Å². The van der Waals surface area contributed by atoms with Crippen LogP contribution in [0.4, 0.5) is 0 Å². The molecule has 2 aliphatic rings. The van der Waals surface area contributed by atoms with Crippen LogP contribution in [0.1, 0.15) is 56.4 Å². The van der Waals surface area contributed by atoms with Crippen molar-refractivity contribution in [3.8, 4) is 5.75 Å². The molecule has 110 valence electrons. The zero-order chi connectivity index (χ0) is 13.8. The van der Waals surface area contributed by atoms with E-state index >= 15 is 0 Å². The average molecular weight is 273 g/mol. The number of fused-ring (bicyclic) bond motifs is 1. The highest BCUT2D eigenvalue weighted by atomic mass is 16.5. The zero-order valence-corrected chi connectivity index (χ0v) is 12.6. The Morgan fingerprint density at radius 3 is 2.85 bits per heavy atom. The van der Waals surface area contributed by atoms with Crippen LogP contribution in [-0.2, 0) is 0 Å². The van der Waals surface area contributed by atoms with Crippen molar-refractivity contribution < 1.29 is 4.74 Å². The lowest BCUT2D eigenvalue weighted by Gasteiger charge is -2.32. The molecule has 0 amide bonds. The minimum Gasteiger partial charge on any atom is -0.493 e. The van der Waals surface area contributed by atoms with Gasteiger partial charge in [-0.25, -0.2) is 0 Å². The highest BCUT2D eigenvalue weighted by Crippen LogP contribution is 2.40. The largest absolute Gasteiger partial charge is 0.493 e.